The molecule has 2 aliphatic heterocycles. The van der Waals surface area contributed by atoms with Crippen LogP contribution in [0.25, 0.3) is 0 Å². The molecule has 2 atom stereocenters. The molecule has 2 unspecified atom stereocenters. The predicted octanol–water partition coefficient (Wildman–Crippen LogP) is 4.23. The smallest absolute Gasteiger partial charge is 0.130 e. The molecule has 22 heavy (non-hydrogen) atoms. The van der Waals surface area contributed by atoms with Crippen LogP contribution in [0, 0.1) is 5.82 Å². The summed E-state index contributed by atoms with van der Waals surface area (Å²) >= 11 is 0. The highest BCUT2D eigenvalue weighted by Gasteiger charge is 2.48. The zero-order valence-electron chi connectivity index (χ0n) is 11.8. The predicted molar refractivity (Wildman–Crippen MR) is 83.2 cm³/mol. The van der Waals surface area contributed by atoms with E-state index in [1.54, 1.807) is 12.1 Å². The largest absolute Gasteiger partial charge is 0.334 e. The monoisotopic (exact) mass is 288 g/mol. The Hall–Kier alpha value is -2.68. The van der Waals surface area contributed by atoms with E-state index in [2.05, 4.69) is 34.1 Å². The summed E-state index contributed by atoms with van der Waals surface area (Å²) in [6.07, 6.45) is 1.81. The van der Waals surface area contributed by atoms with Gasteiger partial charge in [-0.25, -0.2) is 9.37 Å². The molecule has 0 N–H and O–H groups in total. The van der Waals surface area contributed by atoms with Crippen molar-refractivity contribution in [2.45, 2.75) is 12.1 Å². The van der Waals surface area contributed by atoms with Crippen molar-refractivity contribution in [3.63, 3.8) is 0 Å². The van der Waals surface area contributed by atoms with Crippen LogP contribution < -0.4 is 4.90 Å². The molecule has 2 aliphatic rings. The van der Waals surface area contributed by atoms with Crippen LogP contribution in [0.2, 0.25) is 0 Å². The molecule has 0 fully saturated rings. The lowest BCUT2D eigenvalue weighted by atomic mass is 9.86. The van der Waals surface area contributed by atoms with E-state index in [0.717, 1.165) is 11.4 Å². The van der Waals surface area contributed by atoms with Crippen LogP contribution in [0.3, 0.4) is 0 Å². The van der Waals surface area contributed by atoms with Gasteiger partial charge in [0.15, 0.2) is 0 Å². The highest BCUT2D eigenvalue weighted by molar-refractivity contribution is 5.68. The summed E-state index contributed by atoms with van der Waals surface area (Å²) in [6, 6.07) is 19.7. The number of hydrogen-bond donors (Lipinski definition) is 0. The molecule has 0 amide bonds. The average Bonchev–Trinajstić information content (AvgIpc) is 3.07. The Morgan fingerprint density at radius 1 is 0.773 bits per heavy atom. The molecule has 2 nitrogen and oxygen atoms in total. The van der Waals surface area contributed by atoms with E-state index in [1.165, 1.54) is 16.7 Å². The van der Waals surface area contributed by atoms with E-state index < -0.39 is 0 Å². The molecule has 0 saturated heterocycles. The molecule has 0 aliphatic carbocycles. The fraction of sp³-hybridized carbons (Fsp3) is 0.105. The third-order valence-electron chi connectivity index (χ3n) is 4.69. The maximum absolute atomic E-state index is 13.8. The summed E-state index contributed by atoms with van der Waals surface area (Å²) in [5, 5.41) is 0. The van der Waals surface area contributed by atoms with E-state index in [0.29, 0.717) is 0 Å². The standard InChI is InChI=1S/C19H13FN2/c20-12-8-9-15-16(11-12)19-14-6-2-1-5-13(14)18(15)22(19)17-7-3-4-10-21-17/h1-11,18-19H. The number of pyridine rings is 1. The normalized spacial score (nSPS) is 20.9. The SMILES string of the molecule is Fc1ccc2c(c1)C1c3ccccc3C2N1c1ccccn1. The van der Waals surface area contributed by atoms with Gasteiger partial charge in [0.2, 0.25) is 0 Å². The molecule has 0 radical (unpaired) electrons. The van der Waals surface area contributed by atoms with Crippen LogP contribution in [-0.2, 0) is 0 Å². The first-order valence-corrected chi connectivity index (χ1v) is 7.42. The first kappa shape index (κ1) is 11.9. The van der Waals surface area contributed by atoms with Gasteiger partial charge in [0, 0.05) is 6.20 Å². The van der Waals surface area contributed by atoms with Crippen molar-refractivity contribution < 1.29 is 4.39 Å². The number of anilines is 1. The second-order valence-electron chi connectivity index (χ2n) is 5.80. The molecular formula is C19H13FN2. The van der Waals surface area contributed by atoms with Crippen LogP contribution in [0.4, 0.5) is 10.2 Å². The van der Waals surface area contributed by atoms with E-state index in [4.69, 9.17) is 0 Å². The minimum Gasteiger partial charge on any atom is -0.334 e. The number of rotatable bonds is 1. The summed E-state index contributed by atoms with van der Waals surface area (Å²) in [5.74, 6) is 0.759. The zero-order valence-corrected chi connectivity index (χ0v) is 11.8. The molecule has 0 spiro atoms. The van der Waals surface area contributed by atoms with Crippen LogP contribution >= 0.6 is 0 Å². The second kappa shape index (κ2) is 4.17. The lowest BCUT2D eigenvalue weighted by Gasteiger charge is -2.24. The molecule has 3 aromatic rings. The van der Waals surface area contributed by atoms with Crippen molar-refractivity contribution in [3.05, 3.63) is 94.9 Å². The molecule has 0 saturated carbocycles. The molecule has 2 aromatic carbocycles. The van der Waals surface area contributed by atoms with Gasteiger partial charge in [-0.1, -0.05) is 36.4 Å². The van der Waals surface area contributed by atoms with Crippen LogP contribution in [0.5, 0.6) is 0 Å². The highest BCUT2D eigenvalue weighted by atomic mass is 19.1. The summed E-state index contributed by atoms with van der Waals surface area (Å²) in [6.45, 7) is 0. The Balaban J connectivity index is 1.78. The number of hydrogen-bond acceptors (Lipinski definition) is 2. The minimum absolute atomic E-state index is 0.0572. The second-order valence-corrected chi connectivity index (χ2v) is 5.80. The van der Waals surface area contributed by atoms with Gasteiger partial charge in [0.1, 0.15) is 11.6 Å². The Morgan fingerprint density at radius 3 is 2.18 bits per heavy atom. The minimum atomic E-state index is -0.176. The van der Waals surface area contributed by atoms with Crippen molar-refractivity contribution in [2.24, 2.45) is 0 Å². The Kier molecular flexibility index (Phi) is 2.26. The van der Waals surface area contributed by atoms with Gasteiger partial charge in [0.25, 0.3) is 0 Å². The number of nitrogens with zero attached hydrogens (tertiary/aromatic N) is 2. The van der Waals surface area contributed by atoms with E-state index in [1.807, 2.05) is 30.5 Å². The van der Waals surface area contributed by atoms with Gasteiger partial charge < -0.3 is 4.90 Å². The van der Waals surface area contributed by atoms with Crippen LogP contribution in [0.1, 0.15) is 34.3 Å². The Labute approximate surface area is 127 Å². The number of halogens is 1. The maximum atomic E-state index is 13.8. The van der Waals surface area contributed by atoms with E-state index in [9.17, 15) is 4.39 Å². The Morgan fingerprint density at radius 2 is 1.45 bits per heavy atom. The summed E-state index contributed by atoms with van der Waals surface area (Å²) in [5.41, 5.74) is 4.82. The Bertz CT molecular complexity index is 876. The van der Waals surface area contributed by atoms with Gasteiger partial charge in [-0.2, -0.15) is 0 Å². The molecular weight excluding hydrogens is 275 g/mol. The fourth-order valence-electron chi connectivity index (χ4n) is 3.89. The third kappa shape index (κ3) is 1.40. The van der Waals surface area contributed by atoms with Gasteiger partial charge in [-0.05, 0) is 46.5 Å². The van der Waals surface area contributed by atoms with Crippen molar-refractivity contribution in [3.8, 4) is 0 Å². The van der Waals surface area contributed by atoms with Gasteiger partial charge in [0.05, 0.1) is 12.1 Å². The fourth-order valence-corrected chi connectivity index (χ4v) is 3.89. The molecule has 1 aromatic heterocycles. The quantitative estimate of drug-likeness (QED) is 0.666. The first-order valence-electron chi connectivity index (χ1n) is 7.42. The summed E-state index contributed by atoms with van der Waals surface area (Å²) < 4.78 is 13.8. The average molecular weight is 288 g/mol. The summed E-state index contributed by atoms with van der Waals surface area (Å²) in [4.78, 5) is 6.82. The highest BCUT2D eigenvalue weighted by Crippen LogP contribution is 2.57. The van der Waals surface area contributed by atoms with Crippen LogP contribution in [-0.4, -0.2) is 4.98 Å². The zero-order chi connectivity index (χ0) is 14.7. The molecule has 106 valence electrons. The lowest BCUT2D eigenvalue weighted by Crippen LogP contribution is -2.20. The van der Waals surface area contributed by atoms with Gasteiger partial charge in [-0.15, -0.1) is 0 Å². The van der Waals surface area contributed by atoms with E-state index >= 15 is 0 Å². The lowest BCUT2D eigenvalue weighted by molar-refractivity contribution is 0.624. The van der Waals surface area contributed by atoms with Gasteiger partial charge in [-0.3, -0.25) is 0 Å². The van der Waals surface area contributed by atoms with E-state index in [-0.39, 0.29) is 17.9 Å². The summed E-state index contributed by atoms with van der Waals surface area (Å²) in [7, 11) is 0. The molecule has 2 bridgehead atoms. The third-order valence-corrected chi connectivity index (χ3v) is 4.69. The number of aromatic nitrogens is 1. The van der Waals surface area contributed by atoms with Crippen molar-refractivity contribution in [1.82, 2.24) is 4.98 Å². The number of benzene rings is 2. The van der Waals surface area contributed by atoms with Crippen molar-refractivity contribution in [1.29, 1.82) is 0 Å². The number of fused-ring (bicyclic) bond motifs is 8. The molecule has 5 rings (SSSR count). The van der Waals surface area contributed by atoms with Crippen molar-refractivity contribution in [2.75, 3.05) is 4.90 Å². The molecule has 3 heterocycles. The topological polar surface area (TPSA) is 16.1 Å². The van der Waals surface area contributed by atoms with Crippen molar-refractivity contribution >= 4 is 5.82 Å². The van der Waals surface area contributed by atoms with Gasteiger partial charge >= 0.3 is 0 Å². The maximum Gasteiger partial charge on any atom is 0.130 e. The van der Waals surface area contributed by atoms with Crippen LogP contribution in [0.15, 0.2) is 66.9 Å². The molecule has 3 heteroatoms. The first-order chi connectivity index (χ1) is 10.8.